The van der Waals surface area contributed by atoms with Crippen LogP contribution in [0.2, 0.25) is 5.02 Å². The highest BCUT2D eigenvalue weighted by molar-refractivity contribution is 7.89. The summed E-state index contributed by atoms with van der Waals surface area (Å²) in [5.41, 5.74) is 1.04. The topological polar surface area (TPSA) is 156 Å². The third-order valence-electron chi connectivity index (χ3n) is 8.90. The molecule has 4 atom stereocenters. The molecule has 0 bridgehead atoms. The van der Waals surface area contributed by atoms with Crippen molar-refractivity contribution in [1.82, 2.24) is 9.21 Å². The van der Waals surface area contributed by atoms with Crippen LogP contribution in [0.3, 0.4) is 0 Å². The number of hydrogen-bond acceptors (Lipinski definition) is 9. The molecule has 0 saturated carbocycles. The lowest BCUT2D eigenvalue weighted by Gasteiger charge is -2.35. The van der Waals surface area contributed by atoms with Crippen molar-refractivity contribution in [2.45, 2.75) is 63.2 Å². The van der Waals surface area contributed by atoms with Crippen LogP contribution in [0.15, 0.2) is 65.6 Å². The molecule has 2 aliphatic heterocycles. The van der Waals surface area contributed by atoms with Gasteiger partial charge in [-0.2, -0.15) is 4.31 Å². The van der Waals surface area contributed by atoms with Gasteiger partial charge in [-0.05, 0) is 87.7 Å². The molecule has 3 aromatic carbocycles. The molecular weight excluding hydrogens is 700 g/mol. The first kappa shape index (κ1) is 38.2. The summed E-state index contributed by atoms with van der Waals surface area (Å²) in [6.07, 6.45) is 1.34. The first-order chi connectivity index (χ1) is 24.3. The second-order valence-corrected chi connectivity index (χ2v) is 15.4. The number of carbonyl (C=O) groups excluding carboxylic acids is 2. The van der Waals surface area contributed by atoms with E-state index in [9.17, 15) is 23.1 Å². The fourth-order valence-electron chi connectivity index (χ4n) is 5.87. The van der Waals surface area contributed by atoms with E-state index in [4.69, 9.17) is 30.5 Å². The van der Waals surface area contributed by atoms with Crippen LogP contribution in [0.1, 0.15) is 50.4 Å². The summed E-state index contributed by atoms with van der Waals surface area (Å²) in [4.78, 5) is 29.1. The number of sulfonamides is 1. The summed E-state index contributed by atoms with van der Waals surface area (Å²) in [5.74, 6) is 0.666. The highest BCUT2D eigenvalue weighted by Gasteiger charge is 2.32. The molecule has 0 aliphatic carbocycles. The van der Waals surface area contributed by atoms with E-state index >= 15 is 0 Å². The third kappa shape index (κ3) is 9.63. The molecule has 15 heteroatoms. The quantitative estimate of drug-likeness (QED) is 0.258. The first-order valence-corrected chi connectivity index (χ1v) is 18.7. The molecule has 276 valence electrons. The number of hydrogen-bond donors (Lipinski definition) is 3. The van der Waals surface area contributed by atoms with E-state index < -0.39 is 34.1 Å². The maximum Gasteiger partial charge on any atom is 0.323 e. The van der Waals surface area contributed by atoms with Crippen molar-refractivity contribution in [2.75, 3.05) is 50.8 Å². The lowest BCUT2D eigenvalue weighted by atomic mass is 10.0. The van der Waals surface area contributed by atoms with Crippen LogP contribution in [-0.2, 0) is 14.8 Å². The fourth-order valence-corrected chi connectivity index (χ4v) is 7.18. The number of fused-ring (bicyclic) bond motifs is 2. The molecule has 0 fully saturated rings. The molecule has 5 rings (SSSR count). The Morgan fingerprint density at radius 1 is 1.00 bits per heavy atom. The lowest BCUT2D eigenvalue weighted by molar-refractivity contribution is -0.00833. The highest BCUT2D eigenvalue weighted by Crippen LogP contribution is 2.34. The van der Waals surface area contributed by atoms with Gasteiger partial charge in [-0.25, -0.2) is 13.2 Å². The smallest absolute Gasteiger partial charge is 0.323 e. The Balaban J connectivity index is 1.39. The maximum atomic E-state index is 14.4. The Morgan fingerprint density at radius 3 is 2.37 bits per heavy atom. The number of rotatable bonds is 8. The number of urea groups is 1. The molecule has 0 spiro atoms. The van der Waals surface area contributed by atoms with Crippen LogP contribution in [-0.4, -0.2) is 93.1 Å². The molecular formula is C36H45ClN4O9S. The van der Waals surface area contributed by atoms with Gasteiger partial charge in [-0.3, -0.25) is 4.79 Å². The van der Waals surface area contributed by atoms with E-state index in [1.807, 2.05) is 13.8 Å². The van der Waals surface area contributed by atoms with Gasteiger partial charge in [0.05, 0.1) is 35.3 Å². The van der Waals surface area contributed by atoms with E-state index in [0.717, 1.165) is 6.42 Å². The van der Waals surface area contributed by atoms with Gasteiger partial charge in [0.2, 0.25) is 16.8 Å². The van der Waals surface area contributed by atoms with Crippen molar-refractivity contribution in [3.63, 3.8) is 0 Å². The van der Waals surface area contributed by atoms with Crippen molar-refractivity contribution in [1.29, 1.82) is 0 Å². The molecule has 0 aromatic heterocycles. The zero-order valence-electron chi connectivity index (χ0n) is 29.1. The number of likely N-dealkylation sites (N-methyl/N-ethyl adjacent to an activating group) is 1. The average molecular weight is 745 g/mol. The minimum absolute atomic E-state index is 0.0321. The molecule has 3 amide bonds. The second kappa shape index (κ2) is 17.0. The minimum Gasteiger partial charge on any atom is -0.490 e. The Bertz CT molecular complexity index is 1790. The zero-order valence-corrected chi connectivity index (χ0v) is 30.7. The van der Waals surface area contributed by atoms with Gasteiger partial charge in [-0.1, -0.05) is 18.5 Å². The Labute approximate surface area is 303 Å². The molecule has 0 radical (unpaired) electrons. The van der Waals surface area contributed by atoms with Crippen molar-refractivity contribution in [3.05, 3.63) is 71.2 Å². The predicted molar refractivity (Wildman–Crippen MR) is 193 cm³/mol. The molecule has 2 aliphatic rings. The summed E-state index contributed by atoms with van der Waals surface area (Å²) in [5, 5.41) is 16.2. The average Bonchev–Trinajstić information content (AvgIpc) is 3.57. The van der Waals surface area contributed by atoms with Gasteiger partial charge in [0, 0.05) is 55.1 Å². The highest BCUT2D eigenvalue weighted by atomic mass is 35.5. The van der Waals surface area contributed by atoms with Gasteiger partial charge >= 0.3 is 6.03 Å². The third-order valence-corrected chi connectivity index (χ3v) is 11.0. The van der Waals surface area contributed by atoms with Gasteiger partial charge in [0.1, 0.15) is 5.75 Å². The number of nitrogens with one attached hydrogen (secondary N) is 2. The number of aliphatic hydroxyl groups excluding tert-OH is 1. The van der Waals surface area contributed by atoms with Crippen molar-refractivity contribution in [3.8, 4) is 17.2 Å². The number of amides is 3. The van der Waals surface area contributed by atoms with Crippen LogP contribution in [0.25, 0.3) is 0 Å². The first-order valence-electron chi connectivity index (χ1n) is 16.9. The molecule has 51 heavy (non-hydrogen) atoms. The van der Waals surface area contributed by atoms with Crippen molar-refractivity contribution < 1.29 is 42.1 Å². The SMILES string of the molecule is C[C@@H]1CCCCO[C@@H](CN(C)S(=O)(=O)c2ccc(Cl)cc2)[C@@H](C)CN([C@@H](C)CO)C(=O)c2cc(NC(=O)Nc3ccc4c(c3)OCO4)ccc2O1. The second-order valence-electron chi connectivity index (χ2n) is 12.9. The molecule has 0 saturated heterocycles. The van der Waals surface area contributed by atoms with E-state index in [-0.39, 0.29) is 49.0 Å². The lowest BCUT2D eigenvalue weighted by Crippen LogP contribution is -2.48. The van der Waals surface area contributed by atoms with E-state index in [1.165, 1.54) is 40.5 Å². The maximum absolute atomic E-state index is 14.4. The van der Waals surface area contributed by atoms with Crippen LogP contribution in [0, 0.1) is 5.92 Å². The zero-order chi connectivity index (χ0) is 36.7. The van der Waals surface area contributed by atoms with E-state index in [0.29, 0.717) is 53.1 Å². The minimum atomic E-state index is -3.86. The Morgan fingerprint density at radius 2 is 1.67 bits per heavy atom. The van der Waals surface area contributed by atoms with Gasteiger partial charge in [-0.15, -0.1) is 0 Å². The largest absolute Gasteiger partial charge is 0.490 e. The summed E-state index contributed by atoms with van der Waals surface area (Å²) in [7, 11) is -2.37. The molecule has 0 unspecified atom stereocenters. The number of benzene rings is 3. The van der Waals surface area contributed by atoms with Crippen molar-refractivity contribution >= 4 is 44.9 Å². The number of anilines is 2. The van der Waals surface area contributed by atoms with Crippen LogP contribution < -0.4 is 24.8 Å². The van der Waals surface area contributed by atoms with Crippen LogP contribution in [0.4, 0.5) is 16.2 Å². The Kier molecular flexibility index (Phi) is 12.7. The summed E-state index contributed by atoms with van der Waals surface area (Å²) >= 11 is 5.99. The predicted octanol–water partition coefficient (Wildman–Crippen LogP) is 5.83. The standard InChI is InChI=1S/C36H45ClN4O9S/c1-23-19-41(24(2)21-42)35(43)30-17-27(38-36(44)39-28-11-15-32-33(18-28)49-22-48-32)10-14-31(30)50-25(3)7-5-6-16-47-34(23)20-40(4)51(45,46)29-12-8-26(37)9-13-29/h8-15,17-18,23-25,34,42H,5-7,16,19-22H2,1-4H3,(H2,38,39,44)/t23-,24-,25+,34-/m0/s1. The molecule has 3 N–H and O–H groups in total. The number of carbonyl (C=O) groups is 2. The monoisotopic (exact) mass is 744 g/mol. The van der Waals surface area contributed by atoms with Crippen LogP contribution in [0.5, 0.6) is 17.2 Å². The number of ether oxygens (including phenoxy) is 4. The van der Waals surface area contributed by atoms with Gasteiger partial charge in [0.25, 0.3) is 5.91 Å². The van der Waals surface area contributed by atoms with E-state index in [1.54, 1.807) is 43.3 Å². The van der Waals surface area contributed by atoms with Gasteiger partial charge < -0.3 is 39.6 Å². The van der Waals surface area contributed by atoms with Crippen LogP contribution >= 0.6 is 11.6 Å². The van der Waals surface area contributed by atoms with Crippen molar-refractivity contribution in [2.24, 2.45) is 5.92 Å². The fraction of sp³-hybridized carbons (Fsp3) is 0.444. The van der Waals surface area contributed by atoms with E-state index in [2.05, 4.69) is 10.6 Å². The Hall–Kier alpha value is -4.08. The summed E-state index contributed by atoms with van der Waals surface area (Å²) < 4.78 is 51.5. The molecule has 13 nitrogen and oxygen atoms in total. The van der Waals surface area contributed by atoms with Gasteiger partial charge in [0.15, 0.2) is 11.5 Å². The number of aliphatic hydroxyl groups is 1. The summed E-state index contributed by atoms with van der Waals surface area (Å²) in [6.45, 7) is 5.88. The number of halogens is 1. The summed E-state index contributed by atoms with van der Waals surface area (Å²) in [6, 6.07) is 14.7. The normalized spacial score (nSPS) is 20.6. The molecule has 2 heterocycles. The number of nitrogens with zero attached hydrogens (tertiary/aromatic N) is 2. The molecule has 3 aromatic rings.